The van der Waals surface area contributed by atoms with E-state index < -0.39 is 0 Å². The molecule has 0 bridgehead atoms. The Balaban J connectivity index is 2.08. The van der Waals surface area contributed by atoms with Gasteiger partial charge < -0.3 is 0 Å². The van der Waals surface area contributed by atoms with Crippen molar-refractivity contribution in [3.63, 3.8) is 0 Å². The van der Waals surface area contributed by atoms with Gasteiger partial charge in [0.2, 0.25) is 0 Å². The molecule has 0 amide bonds. The highest BCUT2D eigenvalue weighted by molar-refractivity contribution is 5.89. The molecule has 4 aromatic rings. The highest BCUT2D eigenvalue weighted by Crippen LogP contribution is 2.29. The number of benzene rings is 1. The lowest BCUT2D eigenvalue weighted by Crippen LogP contribution is -1.98. The van der Waals surface area contributed by atoms with Crippen LogP contribution in [0.15, 0.2) is 73.6 Å². The molecule has 4 heteroatoms. The number of aromatic nitrogens is 4. The Bertz CT molecular complexity index is 1010. The van der Waals surface area contributed by atoms with Crippen LogP contribution in [0, 0.1) is 0 Å². The summed E-state index contributed by atoms with van der Waals surface area (Å²) in [4.78, 5) is 18.5. The van der Waals surface area contributed by atoms with Crippen LogP contribution in [0.2, 0.25) is 0 Å². The molecule has 3 heterocycles. The Labute approximate surface area is 139 Å². The van der Waals surface area contributed by atoms with Gasteiger partial charge in [-0.1, -0.05) is 36.9 Å². The van der Waals surface area contributed by atoms with Crippen molar-refractivity contribution in [2.45, 2.75) is 0 Å². The summed E-state index contributed by atoms with van der Waals surface area (Å²) in [7, 11) is 0. The van der Waals surface area contributed by atoms with Gasteiger partial charge in [0.25, 0.3) is 0 Å². The number of para-hydroxylation sites is 1. The molecule has 4 rings (SSSR count). The van der Waals surface area contributed by atoms with Crippen LogP contribution in [-0.4, -0.2) is 19.9 Å². The van der Waals surface area contributed by atoms with E-state index >= 15 is 0 Å². The highest BCUT2D eigenvalue weighted by atomic mass is 14.9. The zero-order valence-electron chi connectivity index (χ0n) is 12.9. The summed E-state index contributed by atoms with van der Waals surface area (Å²) >= 11 is 0. The molecule has 0 aliphatic rings. The van der Waals surface area contributed by atoms with E-state index in [4.69, 9.17) is 9.97 Å². The monoisotopic (exact) mass is 310 g/mol. The summed E-state index contributed by atoms with van der Waals surface area (Å²) in [6.07, 6.45) is 5.30. The average Bonchev–Trinajstić information content (AvgIpc) is 2.68. The van der Waals surface area contributed by atoms with Crippen molar-refractivity contribution >= 4 is 17.1 Å². The lowest BCUT2D eigenvalue weighted by molar-refractivity contribution is 1.21. The van der Waals surface area contributed by atoms with Crippen LogP contribution in [-0.2, 0) is 0 Å². The molecule has 1 aromatic carbocycles. The van der Waals surface area contributed by atoms with Crippen LogP contribution >= 0.6 is 0 Å². The van der Waals surface area contributed by atoms with Crippen LogP contribution in [0.4, 0.5) is 0 Å². The Kier molecular flexibility index (Phi) is 3.56. The second-order valence-electron chi connectivity index (χ2n) is 5.27. The van der Waals surface area contributed by atoms with Crippen LogP contribution in [0.3, 0.4) is 0 Å². The van der Waals surface area contributed by atoms with Crippen molar-refractivity contribution in [3.8, 4) is 22.8 Å². The van der Waals surface area contributed by atoms with E-state index in [1.807, 2.05) is 54.6 Å². The zero-order valence-corrected chi connectivity index (χ0v) is 12.9. The molecule has 0 radical (unpaired) electrons. The molecule has 0 saturated heterocycles. The Morgan fingerprint density at radius 2 is 1.38 bits per heavy atom. The zero-order chi connectivity index (χ0) is 16.4. The first-order valence-corrected chi connectivity index (χ1v) is 7.63. The maximum Gasteiger partial charge on any atom is 0.117 e. The van der Waals surface area contributed by atoms with E-state index in [1.54, 1.807) is 18.5 Å². The van der Waals surface area contributed by atoms with Crippen LogP contribution < -0.4 is 0 Å². The van der Waals surface area contributed by atoms with Crippen molar-refractivity contribution in [3.05, 3.63) is 79.1 Å². The quantitative estimate of drug-likeness (QED) is 0.563. The minimum atomic E-state index is 0.719. The fraction of sp³-hybridized carbons (Fsp3) is 0. The Morgan fingerprint density at radius 1 is 0.708 bits per heavy atom. The number of hydrogen-bond acceptors (Lipinski definition) is 4. The molecule has 0 aliphatic heterocycles. The number of hydrogen-bond donors (Lipinski definition) is 0. The van der Waals surface area contributed by atoms with E-state index in [2.05, 4.69) is 16.5 Å². The summed E-state index contributed by atoms with van der Waals surface area (Å²) < 4.78 is 0. The number of rotatable bonds is 3. The molecule has 0 N–H and O–H groups in total. The molecule has 4 nitrogen and oxygen atoms in total. The van der Waals surface area contributed by atoms with E-state index in [-0.39, 0.29) is 0 Å². The van der Waals surface area contributed by atoms with Gasteiger partial charge >= 0.3 is 0 Å². The van der Waals surface area contributed by atoms with Crippen LogP contribution in [0.25, 0.3) is 39.9 Å². The second-order valence-corrected chi connectivity index (χ2v) is 5.27. The fourth-order valence-electron chi connectivity index (χ4n) is 2.63. The maximum absolute atomic E-state index is 4.86. The largest absolute Gasteiger partial charge is 0.255 e. The van der Waals surface area contributed by atoms with E-state index in [1.165, 1.54) is 0 Å². The Hall–Kier alpha value is -3.40. The van der Waals surface area contributed by atoms with E-state index in [0.717, 1.165) is 39.4 Å². The van der Waals surface area contributed by atoms with Crippen molar-refractivity contribution in [2.75, 3.05) is 0 Å². The second kappa shape index (κ2) is 6.01. The predicted molar refractivity (Wildman–Crippen MR) is 96.1 cm³/mol. The number of pyridine rings is 2. The molecule has 0 saturated carbocycles. The number of nitrogens with zero attached hydrogens (tertiary/aromatic N) is 4. The maximum atomic E-state index is 4.86. The fourth-order valence-corrected chi connectivity index (χ4v) is 2.63. The molecule has 24 heavy (non-hydrogen) atoms. The SMILES string of the molecule is C=Cc1cccc2nc(-c3ccccn3)c(-c3ccccn3)nc12. The van der Waals surface area contributed by atoms with Crippen molar-refractivity contribution in [1.29, 1.82) is 0 Å². The van der Waals surface area contributed by atoms with Gasteiger partial charge in [0.05, 0.1) is 22.4 Å². The first-order valence-electron chi connectivity index (χ1n) is 7.63. The van der Waals surface area contributed by atoms with Gasteiger partial charge in [-0.3, -0.25) is 9.97 Å². The van der Waals surface area contributed by atoms with Crippen molar-refractivity contribution in [1.82, 2.24) is 19.9 Å². The third-order valence-corrected chi connectivity index (χ3v) is 3.76. The average molecular weight is 310 g/mol. The normalized spacial score (nSPS) is 10.7. The van der Waals surface area contributed by atoms with Gasteiger partial charge in [0.15, 0.2) is 0 Å². The van der Waals surface area contributed by atoms with E-state index in [9.17, 15) is 0 Å². The minimum Gasteiger partial charge on any atom is -0.255 e. The first-order chi connectivity index (χ1) is 11.9. The molecule has 114 valence electrons. The Morgan fingerprint density at radius 3 is 1.96 bits per heavy atom. The molecule has 0 fully saturated rings. The topological polar surface area (TPSA) is 51.6 Å². The number of fused-ring (bicyclic) bond motifs is 1. The smallest absolute Gasteiger partial charge is 0.117 e. The standard InChI is InChI=1S/C20H14N4/c1-2-14-8-7-11-17-18(14)24-20(16-10-4-6-13-22-16)19(23-17)15-9-3-5-12-21-15/h2-13H,1H2. The van der Waals surface area contributed by atoms with Crippen LogP contribution in [0.1, 0.15) is 5.56 Å². The summed E-state index contributed by atoms with van der Waals surface area (Å²) in [5.41, 5.74) is 5.56. The first kappa shape index (κ1) is 14.2. The highest BCUT2D eigenvalue weighted by Gasteiger charge is 2.15. The molecule has 0 spiro atoms. The molecule has 3 aromatic heterocycles. The molecular formula is C20H14N4. The summed E-state index contributed by atoms with van der Waals surface area (Å²) in [5, 5.41) is 0. The van der Waals surface area contributed by atoms with Gasteiger partial charge in [0, 0.05) is 18.0 Å². The molecule has 0 unspecified atom stereocenters. The predicted octanol–water partition coefficient (Wildman–Crippen LogP) is 4.40. The van der Waals surface area contributed by atoms with Gasteiger partial charge in [0.1, 0.15) is 11.4 Å². The van der Waals surface area contributed by atoms with Gasteiger partial charge in [-0.25, -0.2) is 9.97 Å². The molecule has 0 atom stereocenters. The third kappa shape index (κ3) is 2.44. The van der Waals surface area contributed by atoms with E-state index in [0.29, 0.717) is 0 Å². The van der Waals surface area contributed by atoms with Crippen molar-refractivity contribution < 1.29 is 0 Å². The lowest BCUT2D eigenvalue weighted by atomic mass is 10.1. The third-order valence-electron chi connectivity index (χ3n) is 3.76. The molecule has 0 aliphatic carbocycles. The van der Waals surface area contributed by atoms with Crippen molar-refractivity contribution in [2.24, 2.45) is 0 Å². The summed E-state index contributed by atoms with van der Waals surface area (Å²) in [6, 6.07) is 17.4. The summed E-state index contributed by atoms with van der Waals surface area (Å²) in [5.74, 6) is 0. The van der Waals surface area contributed by atoms with Gasteiger partial charge in [-0.15, -0.1) is 0 Å². The lowest BCUT2D eigenvalue weighted by Gasteiger charge is -2.10. The van der Waals surface area contributed by atoms with Crippen LogP contribution in [0.5, 0.6) is 0 Å². The van der Waals surface area contributed by atoms with Gasteiger partial charge in [-0.2, -0.15) is 0 Å². The molecular weight excluding hydrogens is 296 g/mol. The summed E-state index contributed by atoms with van der Waals surface area (Å²) in [6.45, 7) is 3.87. The van der Waals surface area contributed by atoms with Gasteiger partial charge in [-0.05, 0) is 30.3 Å². The minimum absolute atomic E-state index is 0.719.